The van der Waals surface area contributed by atoms with Crippen LogP contribution < -0.4 is 0 Å². The van der Waals surface area contributed by atoms with Crippen LogP contribution in [-0.4, -0.2) is 38.9 Å². The average Bonchev–Trinajstić information content (AvgIpc) is 3.39. The third kappa shape index (κ3) is 3.88. The van der Waals surface area contributed by atoms with E-state index < -0.39 is 5.60 Å². The summed E-state index contributed by atoms with van der Waals surface area (Å²) in [6.07, 6.45) is 15.0. The highest BCUT2D eigenvalue weighted by Crippen LogP contribution is 2.65. The number of aliphatic hydroxyl groups is 1. The van der Waals surface area contributed by atoms with E-state index in [9.17, 15) is 5.11 Å². The summed E-state index contributed by atoms with van der Waals surface area (Å²) in [6, 6.07) is 0. The van der Waals surface area contributed by atoms with Crippen molar-refractivity contribution >= 4 is 0 Å². The fraction of sp³-hybridized carbons (Fsp3) is 0.923. The molecule has 4 aliphatic rings. The lowest BCUT2D eigenvalue weighted by molar-refractivity contribution is -0.129. The molecule has 4 fully saturated rings. The van der Waals surface area contributed by atoms with Gasteiger partial charge in [-0.15, -0.1) is 0 Å². The van der Waals surface area contributed by atoms with E-state index in [0.29, 0.717) is 30.5 Å². The number of ether oxygens (including phenoxy) is 1. The van der Waals surface area contributed by atoms with Crippen LogP contribution in [0.3, 0.4) is 0 Å². The monoisotopic (exact) mass is 429 g/mol. The lowest BCUT2D eigenvalue weighted by Gasteiger charge is -2.57. The molecule has 5 nitrogen and oxygen atoms in total. The van der Waals surface area contributed by atoms with Crippen molar-refractivity contribution in [2.75, 3.05) is 13.2 Å². The smallest absolute Gasteiger partial charge is 0.0883 e. The predicted octanol–water partition coefficient (Wildman–Crippen LogP) is 4.95. The third-order valence-electron chi connectivity index (χ3n) is 10.4. The summed E-state index contributed by atoms with van der Waals surface area (Å²) in [5.41, 5.74) is -0.0768. The van der Waals surface area contributed by atoms with Crippen molar-refractivity contribution in [3.63, 3.8) is 0 Å². The topological polar surface area (TPSA) is 60.2 Å². The number of aromatic nitrogens is 3. The first kappa shape index (κ1) is 21.9. The molecule has 8 unspecified atom stereocenters. The van der Waals surface area contributed by atoms with Gasteiger partial charge < -0.3 is 9.84 Å². The van der Waals surface area contributed by atoms with E-state index in [1.54, 1.807) is 12.4 Å². The first-order chi connectivity index (χ1) is 14.9. The van der Waals surface area contributed by atoms with Gasteiger partial charge in [0, 0.05) is 6.61 Å². The highest BCUT2D eigenvalue weighted by molar-refractivity contribution is 5.07. The zero-order valence-corrected chi connectivity index (χ0v) is 19.9. The largest absolute Gasteiger partial charge is 0.387 e. The zero-order valence-electron chi connectivity index (χ0n) is 19.9. The molecule has 0 amide bonds. The van der Waals surface area contributed by atoms with Gasteiger partial charge in [-0.1, -0.05) is 13.8 Å². The van der Waals surface area contributed by atoms with Crippen LogP contribution in [0.15, 0.2) is 12.4 Å². The van der Waals surface area contributed by atoms with Crippen LogP contribution in [0, 0.1) is 46.8 Å². The van der Waals surface area contributed by atoms with Crippen molar-refractivity contribution < 1.29 is 9.84 Å². The average molecular weight is 430 g/mol. The molecule has 0 bridgehead atoms. The van der Waals surface area contributed by atoms with Crippen LogP contribution in [0.4, 0.5) is 0 Å². The summed E-state index contributed by atoms with van der Waals surface area (Å²) in [6.45, 7) is 9.29. The van der Waals surface area contributed by atoms with Crippen molar-refractivity contribution in [1.82, 2.24) is 15.0 Å². The van der Waals surface area contributed by atoms with Gasteiger partial charge in [0.25, 0.3) is 0 Å². The number of hydrogen-bond donors (Lipinski definition) is 1. The minimum absolute atomic E-state index is 0.491. The molecule has 1 aromatic rings. The van der Waals surface area contributed by atoms with Gasteiger partial charge in [-0.05, 0) is 112 Å². The van der Waals surface area contributed by atoms with Gasteiger partial charge in [0.1, 0.15) is 0 Å². The number of rotatable bonds is 6. The molecule has 5 heteroatoms. The van der Waals surface area contributed by atoms with E-state index >= 15 is 0 Å². The van der Waals surface area contributed by atoms with Gasteiger partial charge in [0.05, 0.1) is 31.1 Å². The normalized spacial score (nSPS) is 45.5. The maximum Gasteiger partial charge on any atom is 0.0883 e. The van der Waals surface area contributed by atoms with Gasteiger partial charge in [-0.3, -0.25) is 0 Å². The lowest BCUT2D eigenvalue weighted by Crippen LogP contribution is -2.52. The second-order valence-electron chi connectivity index (χ2n) is 11.8. The van der Waals surface area contributed by atoms with E-state index in [1.807, 2.05) is 11.7 Å². The van der Waals surface area contributed by atoms with Crippen molar-refractivity contribution in [3.05, 3.63) is 12.4 Å². The second kappa shape index (κ2) is 8.44. The lowest BCUT2D eigenvalue weighted by atomic mass is 9.48. The van der Waals surface area contributed by atoms with Crippen LogP contribution in [0.2, 0.25) is 0 Å². The summed E-state index contributed by atoms with van der Waals surface area (Å²) in [7, 11) is 0. The molecule has 1 aromatic heterocycles. The molecule has 4 aliphatic carbocycles. The summed E-state index contributed by atoms with van der Waals surface area (Å²) < 4.78 is 5.64. The first-order valence-corrected chi connectivity index (χ1v) is 13.1. The Morgan fingerprint density at radius 2 is 1.81 bits per heavy atom. The maximum atomic E-state index is 11.1. The molecular formula is C26H43N3O2. The highest BCUT2D eigenvalue weighted by atomic mass is 16.5. The highest BCUT2D eigenvalue weighted by Gasteiger charge is 2.58. The first-order valence-electron chi connectivity index (χ1n) is 13.1. The van der Waals surface area contributed by atoms with Crippen molar-refractivity contribution in [3.8, 4) is 0 Å². The molecule has 174 valence electrons. The Hall–Kier alpha value is -0.940. The minimum Gasteiger partial charge on any atom is -0.387 e. The molecule has 0 aromatic carbocycles. The van der Waals surface area contributed by atoms with E-state index in [0.717, 1.165) is 49.0 Å². The SMILES string of the molecule is CCOCC1(O)CCC2C(CCC3C2CCC2(C)C3CCC2[C@@H](C)Cn2nccn2)C1. The Kier molecular flexibility index (Phi) is 5.96. The van der Waals surface area contributed by atoms with E-state index in [1.165, 1.54) is 44.9 Å². The Bertz CT molecular complexity index is 739. The summed E-state index contributed by atoms with van der Waals surface area (Å²) in [5.74, 6) is 5.70. The molecule has 5 rings (SSSR count). The summed E-state index contributed by atoms with van der Waals surface area (Å²) >= 11 is 0. The van der Waals surface area contributed by atoms with Crippen molar-refractivity contribution in [2.45, 2.75) is 90.7 Å². The van der Waals surface area contributed by atoms with Gasteiger partial charge in [0.2, 0.25) is 0 Å². The van der Waals surface area contributed by atoms with Gasteiger partial charge in [0.15, 0.2) is 0 Å². The zero-order chi connectivity index (χ0) is 21.6. The molecule has 31 heavy (non-hydrogen) atoms. The van der Waals surface area contributed by atoms with Crippen LogP contribution in [0.5, 0.6) is 0 Å². The predicted molar refractivity (Wildman–Crippen MR) is 121 cm³/mol. The quantitative estimate of drug-likeness (QED) is 0.695. The molecule has 0 radical (unpaired) electrons. The fourth-order valence-electron chi connectivity index (χ4n) is 9.08. The number of hydrogen-bond acceptors (Lipinski definition) is 4. The Labute approximate surface area is 188 Å². The summed E-state index contributed by atoms with van der Waals surface area (Å²) in [5, 5.41) is 19.8. The molecule has 0 saturated heterocycles. The fourth-order valence-corrected chi connectivity index (χ4v) is 9.08. The Balaban J connectivity index is 1.26. The minimum atomic E-state index is -0.568. The van der Waals surface area contributed by atoms with Crippen LogP contribution in [0.1, 0.15) is 78.6 Å². The van der Waals surface area contributed by atoms with Gasteiger partial charge in [-0.25, -0.2) is 0 Å². The molecule has 1 N–H and O–H groups in total. The molecule has 9 atom stereocenters. The molecule has 1 heterocycles. The van der Waals surface area contributed by atoms with Crippen molar-refractivity contribution in [1.29, 1.82) is 0 Å². The standard InChI is InChI=1S/C26H43N3O2/c1-4-31-17-26(30)12-10-20-19(15-26)5-6-22-21(20)9-11-25(3)23(7-8-24(22)25)18(2)16-29-27-13-14-28-29/h13-14,18-24,30H,4-12,15-17H2,1-3H3/t18-,19?,20?,21?,22?,23?,24?,25?,26?/m0/s1. The van der Waals surface area contributed by atoms with Crippen LogP contribution >= 0.6 is 0 Å². The van der Waals surface area contributed by atoms with E-state index in [4.69, 9.17) is 4.74 Å². The molecule has 0 aliphatic heterocycles. The molecule has 0 spiro atoms. The van der Waals surface area contributed by atoms with Gasteiger partial charge in [-0.2, -0.15) is 15.0 Å². The van der Waals surface area contributed by atoms with Crippen LogP contribution in [-0.2, 0) is 11.3 Å². The Morgan fingerprint density at radius 3 is 2.58 bits per heavy atom. The van der Waals surface area contributed by atoms with Crippen molar-refractivity contribution in [2.24, 2.45) is 46.8 Å². The molecular weight excluding hydrogens is 386 g/mol. The number of nitrogens with zero attached hydrogens (tertiary/aromatic N) is 3. The van der Waals surface area contributed by atoms with Crippen LogP contribution in [0.25, 0.3) is 0 Å². The molecule has 4 saturated carbocycles. The second-order valence-corrected chi connectivity index (χ2v) is 11.8. The van der Waals surface area contributed by atoms with E-state index in [2.05, 4.69) is 24.0 Å². The maximum absolute atomic E-state index is 11.1. The van der Waals surface area contributed by atoms with Gasteiger partial charge >= 0.3 is 0 Å². The Morgan fingerprint density at radius 1 is 1.03 bits per heavy atom. The van der Waals surface area contributed by atoms with E-state index in [-0.39, 0.29) is 0 Å². The number of fused-ring (bicyclic) bond motifs is 5. The third-order valence-corrected chi connectivity index (χ3v) is 10.4. The summed E-state index contributed by atoms with van der Waals surface area (Å²) in [4.78, 5) is 1.89.